The highest BCUT2D eigenvalue weighted by atomic mass is 35.5. The van der Waals surface area contributed by atoms with E-state index in [9.17, 15) is 9.59 Å². The van der Waals surface area contributed by atoms with E-state index in [1.807, 2.05) is 13.8 Å². The number of hydrogen-bond acceptors (Lipinski definition) is 2. The molecule has 1 heterocycles. The normalized spacial score (nSPS) is 19.0. The number of carbonyl (C=O) groups is 2. The molecule has 2 amide bonds. The lowest BCUT2D eigenvalue weighted by Crippen LogP contribution is -2.41. The molecule has 1 aliphatic heterocycles. The van der Waals surface area contributed by atoms with E-state index in [-0.39, 0.29) is 11.8 Å². The number of hydrogen-bond donors (Lipinski definition) is 2. The standard InChI is InChI=1S/C13H15ClN2O2/c1-7(2)5-11-13(18)15-10-6-8(14)3-4-9(10)12(17)16-11/h3-4,6-7,11H,5H2,1-2H3,(H,15,18)(H,16,17)/t11-/m0/s1. The average Bonchev–Trinajstić information content (AvgIpc) is 2.36. The fourth-order valence-corrected chi connectivity index (χ4v) is 2.15. The second kappa shape index (κ2) is 4.98. The van der Waals surface area contributed by atoms with Crippen molar-refractivity contribution in [2.24, 2.45) is 5.92 Å². The van der Waals surface area contributed by atoms with Gasteiger partial charge < -0.3 is 10.6 Å². The summed E-state index contributed by atoms with van der Waals surface area (Å²) in [5.41, 5.74) is 0.912. The van der Waals surface area contributed by atoms with E-state index in [0.717, 1.165) is 0 Å². The predicted octanol–water partition coefficient (Wildman–Crippen LogP) is 2.44. The van der Waals surface area contributed by atoms with Crippen LogP contribution in [0.15, 0.2) is 18.2 Å². The fourth-order valence-electron chi connectivity index (χ4n) is 1.98. The summed E-state index contributed by atoms with van der Waals surface area (Å²) in [7, 11) is 0. The highest BCUT2D eigenvalue weighted by Crippen LogP contribution is 2.24. The van der Waals surface area contributed by atoms with Crippen LogP contribution >= 0.6 is 11.6 Å². The van der Waals surface area contributed by atoms with Crippen molar-refractivity contribution in [2.45, 2.75) is 26.3 Å². The Hall–Kier alpha value is -1.55. The van der Waals surface area contributed by atoms with Crippen molar-refractivity contribution < 1.29 is 9.59 Å². The summed E-state index contributed by atoms with van der Waals surface area (Å²) in [4.78, 5) is 24.0. The van der Waals surface area contributed by atoms with E-state index in [1.54, 1.807) is 18.2 Å². The molecule has 1 atom stereocenters. The van der Waals surface area contributed by atoms with Crippen LogP contribution in [-0.4, -0.2) is 17.9 Å². The molecular weight excluding hydrogens is 252 g/mol. The summed E-state index contributed by atoms with van der Waals surface area (Å²) in [6.07, 6.45) is 0.610. The van der Waals surface area contributed by atoms with E-state index >= 15 is 0 Å². The van der Waals surface area contributed by atoms with Crippen molar-refractivity contribution in [3.05, 3.63) is 28.8 Å². The minimum absolute atomic E-state index is 0.196. The van der Waals surface area contributed by atoms with Gasteiger partial charge in [0.25, 0.3) is 5.91 Å². The van der Waals surface area contributed by atoms with E-state index < -0.39 is 6.04 Å². The SMILES string of the molecule is CC(C)C[C@@H]1NC(=O)c2ccc(Cl)cc2NC1=O. The van der Waals surface area contributed by atoms with E-state index in [0.29, 0.717) is 28.6 Å². The Bertz CT molecular complexity index is 500. The number of anilines is 1. The van der Waals surface area contributed by atoms with Crippen LogP contribution in [0, 0.1) is 5.92 Å². The zero-order valence-corrected chi connectivity index (χ0v) is 11.0. The lowest BCUT2D eigenvalue weighted by molar-refractivity contribution is -0.118. The third-order valence-electron chi connectivity index (χ3n) is 2.81. The Morgan fingerprint density at radius 1 is 1.33 bits per heavy atom. The van der Waals surface area contributed by atoms with Crippen LogP contribution in [0.3, 0.4) is 0 Å². The minimum atomic E-state index is -0.497. The van der Waals surface area contributed by atoms with Crippen LogP contribution in [-0.2, 0) is 4.79 Å². The number of nitrogens with one attached hydrogen (secondary N) is 2. The second-order valence-corrected chi connectivity index (χ2v) is 5.27. The van der Waals surface area contributed by atoms with Gasteiger partial charge in [-0.25, -0.2) is 0 Å². The minimum Gasteiger partial charge on any atom is -0.340 e. The zero-order valence-electron chi connectivity index (χ0n) is 10.3. The molecule has 1 aromatic rings. The van der Waals surface area contributed by atoms with Crippen LogP contribution in [0.25, 0.3) is 0 Å². The molecule has 0 unspecified atom stereocenters. The highest BCUT2D eigenvalue weighted by molar-refractivity contribution is 6.31. The van der Waals surface area contributed by atoms with Gasteiger partial charge in [-0.15, -0.1) is 0 Å². The van der Waals surface area contributed by atoms with Crippen LogP contribution in [0.5, 0.6) is 0 Å². The quantitative estimate of drug-likeness (QED) is 0.864. The number of rotatable bonds is 2. The fraction of sp³-hybridized carbons (Fsp3) is 0.385. The maximum Gasteiger partial charge on any atom is 0.254 e. The highest BCUT2D eigenvalue weighted by Gasteiger charge is 2.28. The lowest BCUT2D eigenvalue weighted by atomic mass is 10.0. The topological polar surface area (TPSA) is 58.2 Å². The molecular formula is C13H15ClN2O2. The Labute approximate surface area is 111 Å². The van der Waals surface area contributed by atoms with Gasteiger partial charge in [-0.05, 0) is 30.5 Å². The molecule has 0 bridgehead atoms. The molecule has 5 heteroatoms. The number of halogens is 1. The Morgan fingerprint density at radius 3 is 2.72 bits per heavy atom. The Kier molecular flexibility index (Phi) is 3.57. The van der Waals surface area contributed by atoms with Crippen LogP contribution in [0.2, 0.25) is 5.02 Å². The molecule has 0 saturated heterocycles. The molecule has 0 fully saturated rings. The number of fused-ring (bicyclic) bond motifs is 1. The molecule has 4 nitrogen and oxygen atoms in total. The van der Waals surface area contributed by atoms with Crippen LogP contribution in [0.4, 0.5) is 5.69 Å². The third kappa shape index (κ3) is 2.64. The summed E-state index contributed by atoms with van der Waals surface area (Å²) in [6.45, 7) is 4.02. The van der Waals surface area contributed by atoms with E-state index in [2.05, 4.69) is 10.6 Å². The molecule has 1 aromatic carbocycles. The first kappa shape index (κ1) is 12.9. The van der Waals surface area contributed by atoms with Gasteiger partial charge >= 0.3 is 0 Å². The van der Waals surface area contributed by atoms with Crippen LogP contribution in [0.1, 0.15) is 30.6 Å². The van der Waals surface area contributed by atoms with Gasteiger partial charge in [-0.3, -0.25) is 9.59 Å². The maximum atomic E-state index is 12.0. The van der Waals surface area contributed by atoms with Crippen molar-refractivity contribution in [1.29, 1.82) is 0 Å². The van der Waals surface area contributed by atoms with Crippen molar-refractivity contribution in [1.82, 2.24) is 5.32 Å². The molecule has 18 heavy (non-hydrogen) atoms. The van der Waals surface area contributed by atoms with Crippen molar-refractivity contribution in [3.63, 3.8) is 0 Å². The van der Waals surface area contributed by atoms with Crippen molar-refractivity contribution in [2.75, 3.05) is 5.32 Å². The molecule has 0 aromatic heterocycles. The molecule has 0 radical (unpaired) electrons. The summed E-state index contributed by atoms with van der Waals surface area (Å²) in [5, 5.41) is 5.97. The predicted molar refractivity (Wildman–Crippen MR) is 70.8 cm³/mol. The van der Waals surface area contributed by atoms with Gasteiger partial charge in [-0.2, -0.15) is 0 Å². The summed E-state index contributed by atoms with van der Waals surface area (Å²) >= 11 is 5.86. The molecule has 1 aliphatic rings. The van der Waals surface area contributed by atoms with Gasteiger partial charge in [0.1, 0.15) is 6.04 Å². The molecule has 0 spiro atoms. The van der Waals surface area contributed by atoms with Gasteiger partial charge in [0, 0.05) is 5.02 Å². The number of benzene rings is 1. The largest absolute Gasteiger partial charge is 0.340 e. The van der Waals surface area contributed by atoms with Crippen LogP contribution < -0.4 is 10.6 Å². The first-order valence-electron chi connectivity index (χ1n) is 5.88. The smallest absolute Gasteiger partial charge is 0.254 e. The molecule has 2 rings (SSSR count). The zero-order chi connectivity index (χ0) is 13.3. The summed E-state index contributed by atoms with van der Waals surface area (Å²) in [5.74, 6) is -0.116. The number of carbonyl (C=O) groups excluding carboxylic acids is 2. The average molecular weight is 267 g/mol. The van der Waals surface area contributed by atoms with E-state index in [1.165, 1.54) is 0 Å². The maximum absolute atomic E-state index is 12.0. The third-order valence-corrected chi connectivity index (χ3v) is 3.05. The Balaban J connectivity index is 2.32. The summed E-state index contributed by atoms with van der Waals surface area (Å²) in [6, 6.07) is 4.34. The molecule has 2 N–H and O–H groups in total. The van der Waals surface area contributed by atoms with Gasteiger partial charge in [0.2, 0.25) is 5.91 Å². The molecule has 96 valence electrons. The van der Waals surface area contributed by atoms with E-state index in [4.69, 9.17) is 11.6 Å². The first-order chi connectivity index (χ1) is 8.47. The second-order valence-electron chi connectivity index (χ2n) is 4.83. The van der Waals surface area contributed by atoms with Gasteiger partial charge in [-0.1, -0.05) is 25.4 Å². The molecule has 0 aliphatic carbocycles. The Morgan fingerprint density at radius 2 is 2.06 bits per heavy atom. The number of amides is 2. The molecule has 0 saturated carbocycles. The first-order valence-corrected chi connectivity index (χ1v) is 6.26. The van der Waals surface area contributed by atoms with Gasteiger partial charge in [0.05, 0.1) is 11.3 Å². The monoisotopic (exact) mass is 266 g/mol. The van der Waals surface area contributed by atoms with Gasteiger partial charge in [0.15, 0.2) is 0 Å². The van der Waals surface area contributed by atoms with Crippen molar-refractivity contribution in [3.8, 4) is 0 Å². The lowest BCUT2D eigenvalue weighted by Gasteiger charge is -2.16. The van der Waals surface area contributed by atoms with Crippen molar-refractivity contribution >= 4 is 29.1 Å². The summed E-state index contributed by atoms with van der Waals surface area (Å²) < 4.78 is 0.